The second-order valence-corrected chi connectivity index (χ2v) is 9.31. The Labute approximate surface area is 149 Å². The molecule has 0 aromatic carbocycles. The zero-order valence-corrected chi connectivity index (χ0v) is 15.4. The summed E-state index contributed by atoms with van der Waals surface area (Å²) in [6.45, 7) is 5.79. The van der Waals surface area contributed by atoms with Crippen LogP contribution in [-0.2, 0) is 14.4 Å². The van der Waals surface area contributed by atoms with Crippen molar-refractivity contribution in [2.75, 3.05) is 0 Å². The molecule has 4 rings (SSSR count). The number of aliphatic hydroxyl groups is 1. The first-order chi connectivity index (χ1) is 11.7. The van der Waals surface area contributed by atoms with Crippen LogP contribution in [-0.4, -0.2) is 28.6 Å². The summed E-state index contributed by atoms with van der Waals surface area (Å²) in [7, 11) is 0. The van der Waals surface area contributed by atoms with Crippen molar-refractivity contribution in [1.82, 2.24) is 0 Å². The lowest BCUT2D eigenvalue weighted by atomic mass is 9.45. The van der Waals surface area contributed by atoms with Crippen molar-refractivity contribution in [3.8, 4) is 0 Å². The van der Waals surface area contributed by atoms with E-state index in [2.05, 4.69) is 6.92 Å². The maximum absolute atomic E-state index is 13.3. The summed E-state index contributed by atoms with van der Waals surface area (Å²) in [6, 6.07) is 0. The summed E-state index contributed by atoms with van der Waals surface area (Å²) in [4.78, 5) is 37.4. The first kappa shape index (κ1) is 17.1. The molecule has 136 valence electrons. The number of rotatable bonds is 1. The van der Waals surface area contributed by atoms with Gasteiger partial charge in [-0.25, -0.2) is 0 Å². The standard InChI is InChI=1S/C21H28O4/c1-11(22)15-6-7-16-14-5-4-12-8-13(23)9-18(25)21(12,3)19(14)17(24)10-20(15,16)2/h8,14-16,18-19,25H,4-7,9-10H2,1-3H3/t14-,15+,16-,18?,19+,20+,21+/m0/s1. The number of hydrogen-bond acceptors (Lipinski definition) is 4. The quantitative estimate of drug-likeness (QED) is 0.794. The van der Waals surface area contributed by atoms with Crippen molar-refractivity contribution in [3.63, 3.8) is 0 Å². The van der Waals surface area contributed by atoms with Crippen LogP contribution < -0.4 is 0 Å². The average molecular weight is 344 g/mol. The summed E-state index contributed by atoms with van der Waals surface area (Å²) in [5.41, 5.74) is 0.135. The molecule has 0 saturated heterocycles. The molecule has 0 radical (unpaired) electrons. The summed E-state index contributed by atoms with van der Waals surface area (Å²) in [5.74, 6) is 0.752. The molecule has 0 heterocycles. The molecular weight excluding hydrogens is 316 g/mol. The number of aliphatic hydroxyl groups excluding tert-OH is 1. The third-order valence-electron chi connectivity index (χ3n) is 8.25. The van der Waals surface area contributed by atoms with Gasteiger partial charge in [0.1, 0.15) is 11.6 Å². The van der Waals surface area contributed by atoms with Crippen LogP contribution in [0.3, 0.4) is 0 Å². The molecule has 3 fully saturated rings. The third-order valence-corrected chi connectivity index (χ3v) is 8.25. The number of carbonyl (C=O) groups is 3. The van der Waals surface area contributed by atoms with Gasteiger partial charge in [-0.1, -0.05) is 19.4 Å². The predicted octanol–water partition coefficient (Wildman–Crippen LogP) is 2.87. The van der Waals surface area contributed by atoms with E-state index in [0.29, 0.717) is 12.3 Å². The van der Waals surface area contributed by atoms with E-state index in [1.54, 1.807) is 13.0 Å². The van der Waals surface area contributed by atoms with Crippen molar-refractivity contribution in [2.45, 2.75) is 65.4 Å². The molecule has 4 aliphatic carbocycles. The van der Waals surface area contributed by atoms with Crippen LogP contribution in [0, 0.1) is 34.5 Å². The molecule has 0 aliphatic heterocycles. The third kappa shape index (κ3) is 2.12. The molecule has 7 atom stereocenters. The first-order valence-electron chi connectivity index (χ1n) is 9.64. The first-order valence-corrected chi connectivity index (χ1v) is 9.64. The van der Waals surface area contributed by atoms with Gasteiger partial charge in [0.25, 0.3) is 0 Å². The lowest BCUT2D eigenvalue weighted by Gasteiger charge is -2.58. The molecule has 4 aliphatic rings. The van der Waals surface area contributed by atoms with E-state index >= 15 is 0 Å². The number of Topliss-reactive ketones (excluding diaryl/α,β-unsaturated/α-hetero) is 2. The monoisotopic (exact) mass is 344 g/mol. The summed E-state index contributed by atoms with van der Waals surface area (Å²) >= 11 is 0. The molecule has 1 N–H and O–H groups in total. The lowest BCUT2D eigenvalue weighted by molar-refractivity contribution is -0.155. The molecule has 25 heavy (non-hydrogen) atoms. The minimum Gasteiger partial charge on any atom is -0.392 e. The smallest absolute Gasteiger partial charge is 0.158 e. The molecule has 4 heteroatoms. The van der Waals surface area contributed by atoms with E-state index in [1.807, 2.05) is 6.92 Å². The fourth-order valence-electron chi connectivity index (χ4n) is 7.09. The van der Waals surface area contributed by atoms with Crippen molar-refractivity contribution in [2.24, 2.45) is 34.5 Å². The van der Waals surface area contributed by atoms with Gasteiger partial charge >= 0.3 is 0 Å². The number of carbonyl (C=O) groups excluding carboxylic acids is 3. The highest BCUT2D eigenvalue weighted by atomic mass is 16.3. The molecule has 0 aromatic heterocycles. The largest absolute Gasteiger partial charge is 0.392 e. The van der Waals surface area contributed by atoms with Gasteiger partial charge in [-0.2, -0.15) is 0 Å². The summed E-state index contributed by atoms with van der Waals surface area (Å²) in [5, 5.41) is 10.8. The molecule has 0 bridgehead atoms. The normalized spacial score (nSPS) is 49.1. The maximum atomic E-state index is 13.3. The molecule has 0 amide bonds. The van der Waals surface area contributed by atoms with Crippen LogP contribution in [0.5, 0.6) is 0 Å². The van der Waals surface area contributed by atoms with E-state index in [4.69, 9.17) is 0 Å². The van der Waals surface area contributed by atoms with E-state index in [-0.39, 0.29) is 46.9 Å². The number of hydrogen-bond donors (Lipinski definition) is 1. The second kappa shape index (κ2) is 5.35. The number of ketones is 3. The van der Waals surface area contributed by atoms with E-state index in [9.17, 15) is 19.5 Å². The fourth-order valence-corrected chi connectivity index (χ4v) is 7.09. The maximum Gasteiger partial charge on any atom is 0.158 e. The van der Waals surface area contributed by atoms with Gasteiger partial charge in [-0.05, 0) is 55.9 Å². The Morgan fingerprint density at radius 3 is 2.60 bits per heavy atom. The van der Waals surface area contributed by atoms with Crippen LogP contribution in [0.2, 0.25) is 0 Å². The summed E-state index contributed by atoms with van der Waals surface area (Å²) in [6.07, 6.45) is 5.03. The van der Waals surface area contributed by atoms with Gasteiger partial charge in [0.2, 0.25) is 0 Å². The van der Waals surface area contributed by atoms with E-state index in [1.165, 1.54) is 0 Å². The molecule has 0 spiro atoms. The highest BCUT2D eigenvalue weighted by Gasteiger charge is 2.64. The van der Waals surface area contributed by atoms with Crippen molar-refractivity contribution < 1.29 is 19.5 Å². The molecular formula is C21H28O4. The van der Waals surface area contributed by atoms with E-state index < -0.39 is 11.5 Å². The van der Waals surface area contributed by atoms with Crippen LogP contribution in [0.1, 0.15) is 59.3 Å². The van der Waals surface area contributed by atoms with Crippen LogP contribution in [0.15, 0.2) is 11.6 Å². The Bertz CT molecular complexity index is 692. The zero-order chi connectivity index (χ0) is 18.1. The predicted molar refractivity (Wildman–Crippen MR) is 92.7 cm³/mol. The van der Waals surface area contributed by atoms with Crippen molar-refractivity contribution in [1.29, 1.82) is 0 Å². The van der Waals surface area contributed by atoms with Gasteiger partial charge in [0, 0.05) is 30.1 Å². The molecule has 0 aromatic rings. The fraction of sp³-hybridized carbons (Fsp3) is 0.762. The Morgan fingerprint density at radius 1 is 1.20 bits per heavy atom. The zero-order valence-electron chi connectivity index (χ0n) is 15.4. The minimum atomic E-state index is -0.772. The Morgan fingerprint density at radius 2 is 1.92 bits per heavy atom. The van der Waals surface area contributed by atoms with Gasteiger partial charge < -0.3 is 5.11 Å². The summed E-state index contributed by atoms with van der Waals surface area (Å²) < 4.78 is 0. The van der Waals surface area contributed by atoms with Crippen LogP contribution in [0.4, 0.5) is 0 Å². The average Bonchev–Trinajstić information content (AvgIpc) is 2.85. The Hall–Kier alpha value is -1.29. The van der Waals surface area contributed by atoms with Crippen LogP contribution >= 0.6 is 0 Å². The second-order valence-electron chi connectivity index (χ2n) is 9.31. The van der Waals surface area contributed by atoms with Gasteiger partial charge in [-0.3, -0.25) is 14.4 Å². The van der Waals surface area contributed by atoms with E-state index in [0.717, 1.165) is 31.3 Å². The van der Waals surface area contributed by atoms with Gasteiger partial charge in [-0.15, -0.1) is 0 Å². The Balaban J connectivity index is 1.77. The lowest BCUT2D eigenvalue weighted by Crippen LogP contribution is -2.59. The molecule has 1 unspecified atom stereocenters. The molecule has 3 saturated carbocycles. The van der Waals surface area contributed by atoms with Crippen LogP contribution in [0.25, 0.3) is 0 Å². The molecule has 4 nitrogen and oxygen atoms in total. The highest BCUT2D eigenvalue weighted by Crippen LogP contribution is 2.65. The topological polar surface area (TPSA) is 71.4 Å². The van der Waals surface area contributed by atoms with Gasteiger partial charge in [0.15, 0.2) is 5.78 Å². The minimum absolute atomic E-state index is 0.00926. The van der Waals surface area contributed by atoms with Crippen molar-refractivity contribution >= 4 is 17.3 Å². The Kier molecular flexibility index (Phi) is 3.67. The SMILES string of the molecule is CC(=O)[C@H]1CC[C@H]2[C@@H]3CCC4=CC(=O)CC(O)[C@]4(C)[C@H]3C(=O)C[C@]12C. The van der Waals surface area contributed by atoms with Gasteiger partial charge in [0.05, 0.1) is 6.10 Å². The highest BCUT2D eigenvalue weighted by molar-refractivity contribution is 5.94. The number of fused-ring (bicyclic) bond motifs is 5. The van der Waals surface area contributed by atoms with Crippen molar-refractivity contribution in [3.05, 3.63) is 11.6 Å².